The standard InChI is InChI=1S/C7H13NO2/c1-3-7(9)8-5-6-10-4-2/h3H,1,4-6H2,2H3,(H,8,9). The average molecular weight is 143 g/mol. The molecule has 0 aromatic carbocycles. The molecular formula is C7H13NO2. The van der Waals surface area contributed by atoms with Gasteiger partial charge in [0, 0.05) is 13.2 Å². The Morgan fingerprint density at radius 3 is 3.00 bits per heavy atom. The third-order valence-corrected chi connectivity index (χ3v) is 0.935. The second kappa shape index (κ2) is 6.29. The fourth-order valence-corrected chi connectivity index (χ4v) is 0.463. The van der Waals surface area contributed by atoms with Crippen LogP contribution in [-0.4, -0.2) is 25.7 Å². The lowest BCUT2D eigenvalue weighted by Crippen LogP contribution is -2.25. The van der Waals surface area contributed by atoms with Crippen molar-refractivity contribution in [2.24, 2.45) is 0 Å². The summed E-state index contributed by atoms with van der Waals surface area (Å²) in [4.78, 5) is 10.5. The van der Waals surface area contributed by atoms with E-state index in [1.54, 1.807) is 0 Å². The fraction of sp³-hybridized carbons (Fsp3) is 0.571. The molecule has 0 radical (unpaired) electrons. The zero-order valence-corrected chi connectivity index (χ0v) is 6.22. The molecule has 0 aliphatic carbocycles. The van der Waals surface area contributed by atoms with E-state index in [0.29, 0.717) is 19.8 Å². The van der Waals surface area contributed by atoms with Gasteiger partial charge in [0.1, 0.15) is 0 Å². The number of amides is 1. The van der Waals surface area contributed by atoms with Crippen LogP contribution in [0.2, 0.25) is 0 Å². The van der Waals surface area contributed by atoms with Crippen molar-refractivity contribution in [2.75, 3.05) is 19.8 Å². The Bertz CT molecular complexity index is 112. The van der Waals surface area contributed by atoms with Gasteiger partial charge >= 0.3 is 0 Å². The van der Waals surface area contributed by atoms with Gasteiger partial charge in [-0.3, -0.25) is 4.79 Å². The minimum Gasteiger partial charge on any atom is -0.380 e. The maximum atomic E-state index is 10.5. The van der Waals surface area contributed by atoms with Crippen LogP contribution in [-0.2, 0) is 9.53 Å². The number of carbonyl (C=O) groups is 1. The summed E-state index contributed by atoms with van der Waals surface area (Å²) in [6.07, 6.45) is 1.24. The quantitative estimate of drug-likeness (QED) is 0.445. The van der Waals surface area contributed by atoms with Gasteiger partial charge in [0.05, 0.1) is 6.61 Å². The number of nitrogens with one attached hydrogen (secondary N) is 1. The van der Waals surface area contributed by atoms with E-state index in [0.717, 1.165) is 0 Å². The molecule has 0 atom stereocenters. The molecule has 10 heavy (non-hydrogen) atoms. The van der Waals surface area contributed by atoms with Crippen molar-refractivity contribution < 1.29 is 9.53 Å². The summed E-state index contributed by atoms with van der Waals surface area (Å²) in [5.41, 5.74) is 0. The largest absolute Gasteiger partial charge is 0.380 e. The van der Waals surface area contributed by atoms with Crippen LogP contribution >= 0.6 is 0 Å². The topological polar surface area (TPSA) is 38.3 Å². The first kappa shape index (κ1) is 9.17. The monoisotopic (exact) mass is 143 g/mol. The maximum absolute atomic E-state index is 10.5. The molecule has 0 aliphatic rings. The van der Waals surface area contributed by atoms with Gasteiger partial charge in [-0.15, -0.1) is 0 Å². The summed E-state index contributed by atoms with van der Waals surface area (Å²) in [5, 5.41) is 2.59. The van der Waals surface area contributed by atoms with Gasteiger partial charge in [-0.2, -0.15) is 0 Å². The Hall–Kier alpha value is -0.830. The first-order chi connectivity index (χ1) is 4.81. The SMILES string of the molecule is C=CC(=O)NCCOCC. The minimum absolute atomic E-state index is 0.153. The van der Waals surface area contributed by atoms with E-state index in [-0.39, 0.29) is 5.91 Å². The molecule has 0 aromatic rings. The van der Waals surface area contributed by atoms with E-state index >= 15 is 0 Å². The van der Waals surface area contributed by atoms with Gasteiger partial charge in [-0.05, 0) is 13.0 Å². The number of ether oxygens (including phenoxy) is 1. The highest BCUT2D eigenvalue weighted by Crippen LogP contribution is 1.71. The molecule has 0 aliphatic heterocycles. The number of hydrogen-bond acceptors (Lipinski definition) is 2. The number of hydrogen-bond donors (Lipinski definition) is 1. The summed E-state index contributed by atoms with van der Waals surface area (Å²) in [5.74, 6) is -0.153. The zero-order chi connectivity index (χ0) is 7.82. The van der Waals surface area contributed by atoms with Crippen LogP contribution < -0.4 is 5.32 Å². The van der Waals surface area contributed by atoms with E-state index in [2.05, 4.69) is 11.9 Å². The smallest absolute Gasteiger partial charge is 0.243 e. The van der Waals surface area contributed by atoms with E-state index in [1.165, 1.54) is 6.08 Å². The predicted molar refractivity (Wildman–Crippen MR) is 39.7 cm³/mol. The molecule has 1 amide bonds. The second-order valence-corrected chi connectivity index (χ2v) is 1.69. The summed E-state index contributed by atoms with van der Waals surface area (Å²) in [7, 11) is 0. The van der Waals surface area contributed by atoms with Crippen molar-refractivity contribution in [2.45, 2.75) is 6.92 Å². The molecule has 0 spiro atoms. The molecule has 0 fully saturated rings. The summed E-state index contributed by atoms with van der Waals surface area (Å²) >= 11 is 0. The van der Waals surface area contributed by atoms with Crippen molar-refractivity contribution in [1.82, 2.24) is 5.32 Å². The summed E-state index contributed by atoms with van der Waals surface area (Å²) in [6.45, 7) is 7.02. The first-order valence-corrected chi connectivity index (χ1v) is 3.29. The van der Waals surface area contributed by atoms with Gasteiger partial charge in [0.25, 0.3) is 0 Å². The zero-order valence-electron chi connectivity index (χ0n) is 6.22. The molecule has 3 heteroatoms. The van der Waals surface area contributed by atoms with Crippen LogP contribution in [0, 0.1) is 0 Å². The van der Waals surface area contributed by atoms with Crippen LogP contribution in [0.1, 0.15) is 6.92 Å². The van der Waals surface area contributed by atoms with Crippen molar-refractivity contribution in [1.29, 1.82) is 0 Å². The van der Waals surface area contributed by atoms with Gasteiger partial charge < -0.3 is 10.1 Å². The van der Waals surface area contributed by atoms with E-state index < -0.39 is 0 Å². The van der Waals surface area contributed by atoms with Crippen LogP contribution in [0.25, 0.3) is 0 Å². The summed E-state index contributed by atoms with van der Waals surface area (Å²) < 4.78 is 4.98. The highest BCUT2D eigenvalue weighted by molar-refractivity contribution is 5.86. The Labute approximate surface area is 61.1 Å². The molecule has 0 saturated carbocycles. The molecule has 1 N–H and O–H groups in total. The van der Waals surface area contributed by atoms with Crippen LogP contribution in [0.4, 0.5) is 0 Å². The molecule has 0 bridgehead atoms. The van der Waals surface area contributed by atoms with Crippen LogP contribution in [0.5, 0.6) is 0 Å². The highest BCUT2D eigenvalue weighted by atomic mass is 16.5. The third kappa shape index (κ3) is 5.31. The first-order valence-electron chi connectivity index (χ1n) is 3.29. The molecular weight excluding hydrogens is 130 g/mol. The van der Waals surface area contributed by atoms with Gasteiger partial charge in [0.15, 0.2) is 0 Å². The van der Waals surface area contributed by atoms with E-state index in [9.17, 15) is 4.79 Å². The Morgan fingerprint density at radius 2 is 2.50 bits per heavy atom. The lowest BCUT2D eigenvalue weighted by Gasteiger charge is -2.00. The van der Waals surface area contributed by atoms with Crippen LogP contribution in [0.15, 0.2) is 12.7 Å². The fourth-order valence-electron chi connectivity index (χ4n) is 0.463. The van der Waals surface area contributed by atoms with Gasteiger partial charge in [0.2, 0.25) is 5.91 Å². The van der Waals surface area contributed by atoms with E-state index in [4.69, 9.17) is 4.74 Å². The molecule has 0 rings (SSSR count). The summed E-state index contributed by atoms with van der Waals surface area (Å²) in [6, 6.07) is 0. The lowest BCUT2D eigenvalue weighted by atomic mass is 10.5. The third-order valence-electron chi connectivity index (χ3n) is 0.935. The Balaban J connectivity index is 3.03. The molecule has 0 heterocycles. The Kier molecular flexibility index (Phi) is 5.77. The number of carbonyl (C=O) groups excluding carboxylic acids is 1. The van der Waals surface area contributed by atoms with Crippen LogP contribution in [0.3, 0.4) is 0 Å². The van der Waals surface area contributed by atoms with Crippen molar-refractivity contribution >= 4 is 5.91 Å². The predicted octanol–water partition coefficient (Wildman–Crippen LogP) is 0.325. The molecule has 0 saturated heterocycles. The molecule has 0 aromatic heterocycles. The second-order valence-electron chi connectivity index (χ2n) is 1.69. The normalized spacial score (nSPS) is 8.90. The van der Waals surface area contributed by atoms with Crippen molar-refractivity contribution in [3.63, 3.8) is 0 Å². The van der Waals surface area contributed by atoms with Crippen molar-refractivity contribution in [3.05, 3.63) is 12.7 Å². The van der Waals surface area contributed by atoms with Gasteiger partial charge in [-0.1, -0.05) is 6.58 Å². The Morgan fingerprint density at radius 1 is 1.80 bits per heavy atom. The van der Waals surface area contributed by atoms with Gasteiger partial charge in [-0.25, -0.2) is 0 Å². The molecule has 0 unspecified atom stereocenters. The number of rotatable bonds is 5. The molecule has 3 nitrogen and oxygen atoms in total. The maximum Gasteiger partial charge on any atom is 0.243 e. The van der Waals surface area contributed by atoms with Crippen molar-refractivity contribution in [3.8, 4) is 0 Å². The minimum atomic E-state index is -0.153. The average Bonchev–Trinajstić information content (AvgIpc) is 1.98. The van der Waals surface area contributed by atoms with E-state index in [1.807, 2.05) is 6.92 Å². The lowest BCUT2D eigenvalue weighted by molar-refractivity contribution is -0.116. The highest BCUT2D eigenvalue weighted by Gasteiger charge is 1.90. The molecule has 58 valence electrons.